The molecule has 0 amide bonds. The summed E-state index contributed by atoms with van der Waals surface area (Å²) in [5, 5.41) is 2.58. The summed E-state index contributed by atoms with van der Waals surface area (Å²) >= 11 is 0. The van der Waals surface area contributed by atoms with E-state index in [2.05, 4.69) is 42.5 Å². The molecule has 0 radical (unpaired) electrons. The summed E-state index contributed by atoms with van der Waals surface area (Å²) in [4.78, 5) is 0. The van der Waals surface area contributed by atoms with Crippen molar-refractivity contribution in [2.24, 2.45) is 5.73 Å². The Balaban J connectivity index is 1.80. The molecule has 0 aliphatic carbocycles. The van der Waals surface area contributed by atoms with Gasteiger partial charge in [0.15, 0.2) is 0 Å². The van der Waals surface area contributed by atoms with E-state index in [1.807, 2.05) is 0 Å². The molecule has 3 heteroatoms. The van der Waals surface area contributed by atoms with E-state index in [9.17, 15) is 0 Å². The second-order valence-electron chi connectivity index (χ2n) is 5.73. The molecule has 2 aromatic rings. The number of nitrogens with two attached hydrogens (primary N) is 1. The molecule has 1 aliphatic heterocycles. The number of hydrogen-bond donors (Lipinski definition) is 1. The van der Waals surface area contributed by atoms with Gasteiger partial charge in [-0.05, 0) is 29.2 Å². The van der Waals surface area contributed by atoms with Crippen molar-refractivity contribution in [3.63, 3.8) is 0 Å². The lowest BCUT2D eigenvalue weighted by molar-refractivity contribution is -0.0492. The third-order valence-corrected chi connectivity index (χ3v) is 4.42. The fourth-order valence-electron chi connectivity index (χ4n) is 3.23. The van der Waals surface area contributed by atoms with Crippen molar-refractivity contribution >= 4 is 10.8 Å². The zero-order chi connectivity index (χ0) is 14.7. The molecule has 112 valence electrons. The van der Waals surface area contributed by atoms with Crippen LogP contribution in [0.3, 0.4) is 0 Å². The maximum Gasteiger partial charge on any atom is 0.0873 e. The van der Waals surface area contributed by atoms with Gasteiger partial charge in [-0.2, -0.15) is 0 Å². The van der Waals surface area contributed by atoms with Crippen LogP contribution in [0.1, 0.15) is 18.4 Å². The van der Waals surface area contributed by atoms with Crippen LogP contribution in [-0.4, -0.2) is 32.0 Å². The van der Waals surface area contributed by atoms with Gasteiger partial charge in [0.25, 0.3) is 0 Å². The molecule has 3 rings (SSSR count). The first-order chi connectivity index (χ1) is 10.3. The van der Waals surface area contributed by atoms with Crippen LogP contribution in [0, 0.1) is 0 Å². The molecule has 0 saturated carbocycles. The van der Waals surface area contributed by atoms with Crippen molar-refractivity contribution in [1.29, 1.82) is 0 Å². The quantitative estimate of drug-likeness (QED) is 0.918. The smallest absolute Gasteiger partial charge is 0.0873 e. The van der Waals surface area contributed by atoms with Gasteiger partial charge in [-0.15, -0.1) is 0 Å². The molecule has 1 heterocycles. The highest BCUT2D eigenvalue weighted by Gasteiger charge is 2.31. The number of fused-ring (bicyclic) bond motifs is 1. The fraction of sp³-hybridized carbons (Fsp3) is 0.444. The summed E-state index contributed by atoms with van der Waals surface area (Å²) in [6.45, 7) is 0.598. The summed E-state index contributed by atoms with van der Waals surface area (Å²) in [5.41, 5.74) is 7.02. The van der Waals surface area contributed by atoms with E-state index in [4.69, 9.17) is 15.2 Å². The molecular weight excluding hydrogens is 262 g/mol. The monoisotopic (exact) mass is 285 g/mol. The molecule has 2 aromatic carbocycles. The lowest BCUT2D eigenvalue weighted by Crippen LogP contribution is -2.32. The molecule has 1 aliphatic rings. The summed E-state index contributed by atoms with van der Waals surface area (Å²) in [7, 11) is 1.77. The Morgan fingerprint density at radius 1 is 1.19 bits per heavy atom. The van der Waals surface area contributed by atoms with Crippen molar-refractivity contribution in [3.05, 3.63) is 48.0 Å². The Morgan fingerprint density at radius 2 is 2.00 bits per heavy atom. The Kier molecular flexibility index (Phi) is 4.54. The van der Waals surface area contributed by atoms with Gasteiger partial charge in [0.05, 0.1) is 18.3 Å². The van der Waals surface area contributed by atoms with Gasteiger partial charge in [-0.1, -0.05) is 42.5 Å². The highest BCUT2D eigenvalue weighted by Crippen LogP contribution is 2.27. The van der Waals surface area contributed by atoms with Crippen LogP contribution in [0.25, 0.3) is 10.8 Å². The van der Waals surface area contributed by atoms with Crippen molar-refractivity contribution in [1.82, 2.24) is 0 Å². The molecule has 0 spiro atoms. The van der Waals surface area contributed by atoms with Gasteiger partial charge in [0.2, 0.25) is 0 Å². The second-order valence-corrected chi connectivity index (χ2v) is 5.73. The molecule has 1 saturated heterocycles. The fourth-order valence-corrected chi connectivity index (χ4v) is 3.23. The molecule has 21 heavy (non-hydrogen) atoms. The van der Waals surface area contributed by atoms with Crippen molar-refractivity contribution in [2.45, 2.75) is 37.6 Å². The zero-order valence-corrected chi connectivity index (χ0v) is 12.5. The van der Waals surface area contributed by atoms with Crippen LogP contribution in [0.5, 0.6) is 0 Å². The molecular formula is C18H23NO2. The number of ether oxygens (including phenoxy) is 2. The number of rotatable bonds is 5. The molecule has 2 N–H and O–H groups in total. The third-order valence-electron chi connectivity index (χ3n) is 4.42. The van der Waals surface area contributed by atoms with Crippen LogP contribution in [0.4, 0.5) is 0 Å². The average molecular weight is 285 g/mol. The maximum absolute atomic E-state index is 6.00. The van der Waals surface area contributed by atoms with E-state index >= 15 is 0 Å². The van der Waals surface area contributed by atoms with Crippen LogP contribution < -0.4 is 5.73 Å². The molecule has 3 unspecified atom stereocenters. The average Bonchev–Trinajstić information content (AvgIpc) is 3.01. The predicted octanol–water partition coefficient (Wildman–Crippen LogP) is 2.90. The van der Waals surface area contributed by atoms with Crippen LogP contribution in [-0.2, 0) is 15.9 Å². The summed E-state index contributed by atoms with van der Waals surface area (Å²) < 4.78 is 11.7. The Hall–Kier alpha value is -1.42. The minimum absolute atomic E-state index is 0.0901. The van der Waals surface area contributed by atoms with Crippen molar-refractivity contribution in [3.8, 4) is 0 Å². The normalized spacial score (nSPS) is 23.5. The minimum Gasteiger partial charge on any atom is -0.378 e. The standard InChI is InChI=1S/C18H23NO2/c1-20-18(17-10-9-15(12-19)21-17)11-14-7-4-6-13-5-2-3-8-16(13)14/h2-8,15,17-18H,9-12,19H2,1H3. The van der Waals surface area contributed by atoms with Crippen molar-refractivity contribution in [2.75, 3.05) is 13.7 Å². The molecule has 3 atom stereocenters. The minimum atomic E-state index is 0.0901. The summed E-state index contributed by atoms with van der Waals surface area (Å²) in [6, 6.07) is 14.9. The van der Waals surface area contributed by atoms with Gasteiger partial charge in [0, 0.05) is 20.1 Å². The molecule has 0 bridgehead atoms. The highest BCUT2D eigenvalue weighted by atomic mass is 16.5. The SMILES string of the molecule is COC(Cc1cccc2ccccc12)C1CCC(CN)O1. The van der Waals surface area contributed by atoms with Gasteiger partial charge in [0.1, 0.15) is 0 Å². The Morgan fingerprint density at radius 3 is 2.76 bits per heavy atom. The van der Waals surface area contributed by atoms with E-state index in [0.29, 0.717) is 6.54 Å². The number of hydrogen-bond acceptors (Lipinski definition) is 3. The topological polar surface area (TPSA) is 44.5 Å². The van der Waals surface area contributed by atoms with E-state index in [0.717, 1.165) is 19.3 Å². The molecule has 1 fully saturated rings. The molecule has 0 aromatic heterocycles. The van der Waals surface area contributed by atoms with Gasteiger partial charge in [-0.3, -0.25) is 0 Å². The first-order valence-electron chi connectivity index (χ1n) is 7.66. The predicted molar refractivity (Wildman–Crippen MR) is 85.4 cm³/mol. The number of benzene rings is 2. The maximum atomic E-state index is 6.00. The Labute approximate surface area is 126 Å². The second kappa shape index (κ2) is 6.56. The van der Waals surface area contributed by atoms with Crippen LogP contribution in [0.2, 0.25) is 0 Å². The highest BCUT2D eigenvalue weighted by molar-refractivity contribution is 5.85. The van der Waals surface area contributed by atoms with E-state index in [1.54, 1.807) is 7.11 Å². The summed E-state index contributed by atoms with van der Waals surface area (Å²) in [6.07, 6.45) is 3.39. The molecule has 3 nitrogen and oxygen atoms in total. The first kappa shape index (κ1) is 14.5. The van der Waals surface area contributed by atoms with Crippen LogP contribution >= 0.6 is 0 Å². The number of methoxy groups -OCH3 is 1. The van der Waals surface area contributed by atoms with Gasteiger partial charge < -0.3 is 15.2 Å². The lowest BCUT2D eigenvalue weighted by atomic mass is 9.97. The lowest BCUT2D eigenvalue weighted by Gasteiger charge is -2.23. The Bertz CT molecular complexity index is 593. The van der Waals surface area contributed by atoms with Gasteiger partial charge in [-0.25, -0.2) is 0 Å². The van der Waals surface area contributed by atoms with E-state index in [-0.39, 0.29) is 18.3 Å². The van der Waals surface area contributed by atoms with E-state index in [1.165, 1.54) is 16.3 Å². The van der Waals surface area contributed by atoms with Crippen LogP contribution in [0.15, 0.2) is 42.5 Å². The largest absolute Gasteiger partial charge is 0.378 e. The van der Waals surface area contributed by atoms with Gasteiger partial charge >= 0.3 is 0 Å². The van der Waals surface area contributed by atoms with Crippen molar-refractivity contribution < 1.29 is 9.47 Å². The first-order valence-corrected chi connectivity index (χ1v) is 7.66. The third kappa shape index (κ3) is 3.10. The summed E-state index contributed by atoms with van der Waals surface area (Å²) in [5.74, 6) is 0. The zero-order valence-electron chi connectivity index (χ0n) is 12.5. The van der Waals surface area contributed by atoms with E-state index < -0.39 is 0 Å².